The van der Waals surface area contributed by atoms with Gasteiger partial charge in [0.25, 0.3) is 0 Å². The number of amides is 1. The monoisotopic (exact) mass is 794 g/mol. The first-order valence-electron chi connectivity index (χ1n) is 25.8. The first-order valence-corrected chi connectivity index (χ1v) is 25.8. The van der Waals surface area contributed by atoms with E-state index in [4.69, 9.17) is 0 Å². The highest BCUT2D eigenvalue weighted by Crippen LogP contribution is 2.18. The number of aliphatic hydroxyl groups excluding tert-OH is 3. The molecule has 0 aromatic carbocycles. The van der Waals surface area contributed by atoms with Crippen molar-refractivity contribution in [3.05, 3.63) is 0 Å². The van der Waals surface area contributed by atoms with E-state index in [1.54, 1.807) is 0 Å². The van der Waals surface area contributed by atoms with E-state index in [0.717, 1.165) is 32.1 Å². The van der Waals surface area contributed by atoms with Gasteiger partial charge in [0.05, 0.1) is 18.8 Å². The molecule has 0 spiro atoms. The van der Waals surface area contributed by atoms with Gasteiger partial charge < -0.3 is 20.6 Å². The van der Waals surface area contributed by atoms with Crippen molar-refractivity contribution in [2.24, 2.45) is 0 Å². The smallest absolute Gasteiger partial charge is 0.249 e. The molecule has 5 nitrogen and oxygen atoms in total. The molecule has 4 N–H and O–H groups in total. The topological polar surface area (TPSA) is 89.8 Å². The molecule has 0 bridgehead atoms. The second kappa shape index (κ2) is 47.0. The molecule has 0 saturated heterocycles. The zero-order chi connectivity index (χ0) is 40.8. The van der Waals surface area contributed by atoms with Crippen LogP contribution in [0.3, 0.4) is 0 Å². The van der Waals surface area contributed by atoms with Gasteiger partial charge in [0.1, 0.15) is 6.10 Å². The van der Waals surface area contributed by atoms with E-state index in [2.05, 4.69) is 19.2 Å². The van der Waals surface area contributed by atoms with Crippen LogP contribution in [0.5, 0.6) is 0 Å². The number of hydrogen-bond acceptors (Lipinski definition) is 4. The van der Waals surface area contributed by atoms with Gasteiger partial charge in [-0.15, -0.1) is 0 Å². The Hall–Kier alpha value is -0.650. The van der Waals surface area contributed by atoms with Crippen LogP contribution in [0, 0.1) is 0 Å². The van der Waals surface area contributed by atoms with Gasteiger partial charge in [-0.3, -0.25) is 4.79 Å². The van der Waals surface area contributed by atoms with E-state index in [1.807, 2.05) is 0 Å². The van der Waals surface area contributed by atoms with Gasteiger partial charge in [0.15, 0.2) is 0 Å². The van der Waals surface area contributed by atoms with E-state index in [9.17, 15) is 20.1 Å². The summed E-state index contributed by atoms with van der Waals surface area (Å²) in [6.45, 7) is 4.27. The van der Waals surface area contributed by atoms with Crippen LogP contribution in [0.25, 0.3) is 0 Å². The van der Waals surface area contributed by atoms with Gasteiger partial charge in [0, 0.05) is 0 Å². The van der Waals surface area contributed by atoms with Crippen molar-refractivity contribution in [1.82, 2.24) is 5.32 Å². The molecule has 0 aromatic heterocycles. The minimum absolute atomic E-state index is 0.307. The SMILES string of the molecule is CCCCCCCCCCCCCCCCCCCCCCCCCCCC(O)C(CO)NC(=O)C(O)CCCCCCCCCCCCCCCCCCC. The summed E-state index contributed by atoms with van der Waals surface area (Å²) in [6, 6.07) is -0.706. The summed E-state index contributed by atoms with van der Waals surface area (Å²) in [5.41, 5.74) is 0. The van der Waals surface area contributed by atoms with Crippen molar-refractivity contribution >= 4 is 5.91 Å². The molecule has 0 heterocycles. The Morgan fingerprint density at radius 3 is 0.804 bits per heavy atom. The van der Waals surface area contributed by atoms with Gasteiger partial charge >= 0.3 is 0 Å². The lowest BCUT2D eigenvalue weighted by molar-refractivity contribution is -0.131. The Labute approximate surface area is 351 Å². The molecule has 0 saturated carbocycles. The Balaban J connectivity index is 3.51. The minimum atomic E-state index is -1.07. The highest BCUT2D eigenvalue weighted by Gasteiger charge is 2.23. The number of unbranched alkanes of at least 4 members (excludes halogenated alkanes) is 40. The van der Waals surface area contributed by atoms with Crippen molar-refractivity contribution in [3.63, 3.8) is 0 Å². The van der Waals surface area contributed by atoms with Crippen molar-refractivity contribution in [2.45, 2.75) is 315 Å². The van der Waals surface area contributed by atoms with Crippen molar-refractivity contribution in [3.8, 4) is 0 Å². The Kier molecular flexibility index (Phi) is 46.5. The molecule has 0 rings (SSSR count). The molecule has 0 aliphatic carbocycles. The van der Waals surface area contributed by atoms with Crippen LogP contribution in [-0.2, 0) is 4.79 Å². The Morgan fingerprint density at radius 2 is 0.571 bits per heavy atom. The Morgan fingerprint density at radius 1 is 0.357 bits per heavy atom. The summed E-state index contributed by atoms with van der Waals surface area (Å²) in [7, 11) is 0. The van der Waals surface area contributed by atoms with Crippen LogP contribution in [0.15, 0.2) is 0 Å². The largest absolute Gasteiger partial charge is 0.394 e. The third-order valence-corrected chi connectivity index (χ3v) is 12.5. The molecular weight excluding hydrogens is 691 g/mol. The summed E-state index contributed by atoms with van der Waals surface area (Å²) < 4.78 is 0. The van der Waals surface area contributed by atoms with Gasteiger partial charge in [-0.05, 0) is 12.8 Å². The fraction of sp³-hybridized carbons (Fsp3) is 0.980. The maximum absolute atomic E-state index is 12.5. The first kappa shape index (κ1) is 55.4. The molecule has 0 aliphatic heterocycles. The summed E-state index contributed by atoms with van der Waals surface area (Å²) >= 11 is 0. The molecular formula is C51H103NO4. The quantitative estimate of drug-likeness (QED) is 0.0462. The summed E-state index contributed by atoms with van der Waals surface area (Å²) in [5.74, 6) is -0.464. The highest BCUT2D eigenvalue weighted by molar-refractivity contribution is 5.80. The fourth-order valence-electron chi connectivity index (χ4n) is 8.43. The third-order valence-electron chi connectivity index (χ3n) is 12.5. The van der Waals surface area contributed by atoms with E-state index in [1.165, 1.54) is 238 Å². The summed E-state index contributed by atoms with van der Waals surface area (Å²) in [4.78, 5) is 12.5. The number of nitrogens with one attached hydrogen (secondary N) is 1. The second-order valence-electron chi connectivity index (χ2n) is 18.1. The fourth-order valence-corrected chi connectivity index (χ4v) is 8.43. The zero-order valence-corrected chi connectivity index (χ0v) is 38.3. The number of carbonyl (C=O) groups excluding carboxylic acids is 1. The number of aliphatic hydroxyl groups is 3. The van der Waals surface area contributed by atoms with Crippen LogP contribution < -0.4 is 5.32 Å². The molecule has 56 heavy (non-hydrogen) atoms. The summed E-state index contributed by atoms with van der Waals surface area (Å²) in [5, 5.41) is 33.5. The Bertz CT molecular complexity index is 747. The maximum Gasteiger partial charge on any atom is 0.249 e. The van der Waals surface area contributed by atoms with Gasteiger partial charge in [0.2, 0.25) is 5.91 Å². The third kappa shape index (κ3) is 41.5. The average Bonchev–Trinajstić information content (AvgIpc) is 3.20. The van der Waals surface area contributed by atoms with Gasteiger partial charge in [-0.25, -0.2) is 0 Å². The number of rotatable bonds is 48. The van der Waals surface area contributed by atoms with Crippen molar-refractivity contribution < 1.29 is 20.1 Å². The molecule has 336 valence electrons. The second-order valence-corrected chi connectivity index (χ2v) is 18.1. The molecule has 3 atom stereocenters. The van der Waals surface area contributed by atoms with Crippen LogP contribution in [-0.4, -0.2) is 46.1 Å². The highest BCUT2D eigenvalue weighted by atomic mass is 16.3. The predicted octanol–water partition coefficient (Wildman–Crippen LogP) is 15.4. The van der Waals surface area contributed by atoms with E-state index in [0.29, 0.717) is 12.8 Å². The molecule has 5 heteroatoms. The molecule has 0 aromatic rings. The molecule has 0 fully saturated rings. The van der Waals surface area contributed by atoms with Crippen LogP contribution in [0.4, 0.5) is 0 Å². The van der Waals surface area contributed by atoms with E-state index >= 15 is 0 Å². The lowest BCUT2D eigenvalue weighted by Crippen LogP contribution is -2.49. The van der Waals surface area contributed by atoms with Crippen LogP contribution in [0.2, 0.25) is 0 Å². The van der Waals surface area contributed by atoms with Crippen LogP contribution >= 0.6 is 0 Å². The molecule has 3 unspecified atom stereocenters. The minimum Gasteiger partial charge on any atom is -0.394 e. The zero-order valence-electron chi connectivity index (χ0n) is 38.3. The predicted molar refractivity (Wildman–Crippen MR) is 246 cm³/mol. The van der Waals surface area contributed by atoms with E-state index in [-0.39, 0.29) is 6.61 Å². The van der Waals surface area contributed by atoms with Gasteiger partial charge in [-0.1, -0.05) is 284 Å². The summed E-state index contributed by atoms with van der Waals surface area (Å²) in [6.07, 6.45) is 55.6. The normalized spacial score (nSPS) is 13.3. The molecule has 0 radical (unpaired) electrons. The number of carbonyl (C=O) groups is 1. The molecule has 1 amide bonds. The standard InChI is InChI=1S/C51H103NO4/c1-3-5-7-9-11-13-15-17-19-21-22-23-24-25-26-27-28-30-31-33-35-37-39-41-43-45-49(54)48(47-53)52-51(56)50(55)46-44-42-40-38-36-34-32-29-20-18-16-14-12-10-8-6-4-2/h48-50,53-55H,3-47H2,1-2H3,(H,52,56). The maximum atomic E-state index is 12.5. The van der Waals surface area contributed by atoms with Crippen molar-refractivity contribution in [2.75, 3.05) is 6.61 Å². The average molecular weight is 794 g/mol. The van der Waals surface area contributed by atoms with E-state index < -0.39 is 24.2 Å². The molecule has 0 aliphatic rings. The number of hydrogen-bond donors (Lipinski definition) is 4. The lowest BCUT2D eigenvalue weighted by atomic mass is 10.0. The van der Waals surface area contributed by atoms with Gasteiger partial charge in [-0.2, -0.15) is 0 Å². The van der Waals surface area contributed by atoms with Crippen molar-refractivity contribution in [1.29, 1.82) is 0 Å². The first-order chi connectivity index (χ1) is 27.6. The lowest BCUT2D eigenvalue weighted by Gasteiger charge is -2.23. The van der Waals surface area contributed by atoms with Crippen LogP contribution in [0.1, 0.15) is 296 Å².